The molecule has 0 aliphatic rings. The second kappa shape index (κ2) is 6.95. The van der Waals surface area contributed by atoms with Crippen LogP contribution in [-0.2, 0) is 13.0 Å². The van der Waals surface area contributed by atoms with Gasteiger partial charge in [0.25, 0.3) is 0 Å². The molecular weight excluding hydrogens is 271 g/mol. The quantitative estimate of drug-likeness (QED) is 0.860. The van der Waals surface area contributed by atoms with Gasteiger partial charge in [-0.25, -0.2) is 9.37 Å². The minimum Gasteiger partial charge on any atom is -0.312 e. The van der Waals surface area contributed by atoms with Gasteiger partial charge in [-0.2, -0.15) is 0 Å². The Morgan fingerprint density at radius 1 is 1.30 bits per heavy atom. The number of benzene rings is 1. The Morgan fingerprint density at radius 3 is 2.70 bits per heavy atom. The van der Waals surface area contributed by atoms with E-state index in [0.29, 0.717) is 11.5 Å². The summed E-state index contributed by atoms with van der Waals surface area (Å²) >= 11 is 1.59. The fraction of sp³-hybridized carbons (Fsp3) is 0.438. The van der Waals surface area contributed by atoms with Crippen LogP contribution in [0.3, 0.4) is 0 Å². The number of halogens is 1. The molecule has 0 unspecified atom stereocenters. The molecule has 0 atom stereocenters. The summed E-state index contributed by atoms with van der Waals surface area (Å²) < 4.78 is 13.8. The average Bonchev–Trinajstić information content (AvgIpc) is 2.82. The highest BCUT2D eigenvalue weighted by molar-refractivity contribution is 7.15. The van der Waals surface area contributed by atoms with Crippen molar-refractivity contribution in [2.45, 2.75) is 33.7 Å². The van der Waals surface area contributed by atoms with Crippen LogP contribution in [0.2, 0.25) is 0 Å². The van der Waals surface area contributed by atoms with E-state index in [2.05, 4.69) is 31.1 Å². The molecule has 0 saturated heterocycles. The van der Waals surface area contributed by atoms with E-state index in [1.807, 2.05) is 6.07 Å². The Labute approximate surface area is 124 Å². The van der Waals surface area contributed by atoms with Crippen molar-refractivity contribution in [3.63, 3.8) is 0 Å². The van der Waals surface area contributed by atoms with E-state index >= 15 is 0 Å². The number of rotatable bonds is 6. The summed E-state index contributed by atoms with van der Waals surface area (Å²) in [4.78, 5) is 5.81. The van der Waals surface area contributed by atoms with Gasteiger partial charge in [0.15, 0.2) is 0 Å². The molecule has 0 bridgehead atoms. The second-order valence-corrected chi connectivity index (χ2v) is 6.33. The number of hydrogen-bond donors (Lipinski definition) is 1. The van der Waals surface area contributed by atoms with Crippen molar-refractivity contribution in [3.8, 4) is 10.6 Å². The van der Waals surface area contributed by atoms with Crippen molar-refractivity contribution < 1.29 is 4.39 Å². The Balaban J connectivity index is 2.20. The van der Waals surface area contributed by atoms with Gasteiger partial charge in [0.05, 0.1) is 5.69 Å². The topological polar surface area (TPSA) is 24.9 Å². The van der Waals surface area contributed by atoms with Crippen LogP contribution in [0.4, 0.5) is 4.39 Å². The predicted octanol–water partition coefficient (Wildman–Crippen LogP) is 4.26. The highest BCUT2D eigenvalue weighted by Crippen LogP contribution is 2.30. The largest absolute Gasteiger partial charge is 0.312 e. The van der Waals surface area contributed by atoms with Crippen LogP contribution in [0.15, 0.2) is 24.3 Å². The lowest BCUT2D eigenvalue weighted by molar-refractivity contribution is 0.553. The molecule has 0 aliphatic heterocycles. The molecule has 2 rings (SSSR count). The highest BCUT2D eigenvalue weighted by Gasteiger charge is 2.13. The van der Waals surface area contributed by atoms with Crippen molar-refractivity contribution in [3.05, 3.63) is 40.7 Å². The summed E-state index contributed by atoms with van der Waals surface area (Å²) in [6, 6.07) is 6.83. The third kappa shape index (κ3) is 3.64. The van der Waals surface area contributed by atoms with Gasteiger partial charge < -0.3 is 5.32 Å². The zero-order valence-electron chi connectivity index (χ0n) is 12.2. The molecule has 1 aromatic heterocycles. The van der Waals surface area contributed by atoms with Gasteiger partial charge in [-0.3, -0.25) is 0 Å². The zero-order valence-corrected chi connectivity index (χ0v) is 13.1. The molecule has 108 valence electrons. The van der Waals surface area contributed by atoms with Crippen LogP contribution in [0.1, 0.15) is 31.3 Å². The first kappa shape index (κ1) is 15.1. The molecule has 1 heterocycles. The SMILES string of the molecule is CCc1nc(-c2ccccc2F)sc1CNCC(C)C. The Hall–Kier alpha value is -1.26. The Kier molecular flexibility index (Phi) is 5.26. The molecule has 1 N–H and O–H groups in total. The molecule has 0 saturated carbocycles. The molecule has 2 nitrogen and oxygen atoms in total. The maximum Gasteiger partial charge on any atom is 0.133 e. The van der Waals surface area contributed by atoms with E-state index in [1.165, 1.54) is 10.9 Å². The molecule has 0 amide bonds. The van der Waals surface area contributed by atoms with Gasteiger partial charge in [-0.15, -0.1) is 11.3 Å². The van der Waals surface area contributed by atoms with Crippen molar-refractivity contribution in [2.24, 2.45) is 5.92 Å². The van der Waals surface area contributed by atoms with E-state index in [-0.39, 0.29) is 5.82 Å². The molecular formula is C16H21FN2S. The number of nitrogens with one attached hydrogen (secondary N) is 1. The molecule has 2 aromatic rings. The zero-order chi connectivity index (χ0) is 14.5. The van der Waals surface area contributed by atoms with Crippen LogP contribution < -0.4 is 5.32 Å². The van der Waals surface area contributed by atoms with Crippen molar-refractivity contribution in [1.82, 2.24) is 10.3 Å². The van der Waals surface area contributed by atoms with Gasteiger partial charge >= 0.3 is 0 Å². The standard InChI is InChI=1S/C16H21FN2S/c1-4-14-15(10-18-9-11(2)3)20-16(19-14)12-7-5-6-8-13(12)17/h5-8,11,18H,4,9-10H2,1-3H3. The number of thiazole rings is 1. The molecule has 0 spiro atoms. The first-order valence-corrected chi connectivity index (χ1v) is 7.87. The number of hydrogen-bond acceptors (Lipinski definition) is 3. The van der Waals surface area contributed by atoms with Crippen LogP contribution in [-0.4, -0.2) is 11.5 Å². The van der Waals surface area contributed by atoms with Crippen molar-refractivity contribution >= 4 is 11.3 Å². The minimum atomic E-state index is -0.203. The normalized spacial score (nSPS) is 11.2. The monoisotopic (exact) mass is 292 g/mol. The fourth-order valence-electron chi connectivity index (χ4n) is 2.02. The third-order valence-corrected chi connectivity index (χ3v) is 4.19. The fourth-order valence-corrected chi connectivity index (χ4v) is 3.17. The van der Waals surface area contributed by atoms with E-state index < -0.39 is 0 Å². The molecule has 0 fully saturated rings. The smallest absolute Gasteiger partial charge is 0.133 e. The summed E-state index contributed by atoms with van der Waals surface area (Å²) in [5.74, 6) is 0.421. The Bertz CT molecular complexity index is 563. The maximum absolute atomic E-state index is 13.8. The summed E-state index contributed by atoms with van der Waals surface area (Å²) in [5.41, 5.74) is 1.67. The van der Waals surface area contributed by atoms with Gasteiger partial charge in [0.1, 0.15) is 10.8 Å². The van der Waals surface area contributed by atoms with Crippen molar-refractivity contribution in [2.75, 3.05) is 6.54 Å². The van der Waals surface area contributed by atoms with Gasteiger partial charge in [0.2, 0.25) is 0 Å². The number of aromatic nitrogens is 1. The molecule has 1 aromatic carbocycles. The number of nitrogens with zero attached hydrogens (tertiary/aromatic N) is 1. The number of aryl methyl sites for hydroxylation is 1. The lowest BCUT2D eigenvalue weighted by atomic mass is 10.2. The molecule has 0 radical (unpaired) electrons. The summed E-state index contributed by atoms with van der Waals surface area (Å²) in [6.45, 7) is 8.26. The van der Waals surface area contributed by atoms with Crippen LogP contribution in [0, 0.1) is 11.7 Å². The van der Waals surface area contributed by atoms with Crippen LogP contribution in [0.5, 0.6) is 0 Å². The van der Waals surface area contributed by atoms with E-state index in [0.717, 1.165) is 30.2 Å². The molecule has 20 heavy (non-hydrogen) atoms. The lowest BCUT2D eigenvalue weighted by Gasteiger charge is -2.06. The summed E-state index contributed by atoms with van der Waals surface area (Å²) in [7, 11) is 0. The Morgan fingerprint density at radius 2 is 2.05 bits per heavy atom. The first-order valence-electron chi connectivity index (χ1n) is 7.06. The first-order chi connectivity index (χ1) is 9.61. The highest BCUT2D eigenvalue weighted by atomic mass is 32.1. The van der Waals surface area contributed by atoms with Gasteiger partial charge in [0, 0.05) is 17.0 Å². The van der Waals surface area contributed by atoms with E-state index in [1.54, 1.807) is 23.5 Å². The second-order valence-electron chi connectivity index (χ2n) is 5.25. The summed E-state index contributed by atoms with van der Waals surface area (Å²) in [6.07, 6.45) is 0.879. The van der Waals surface area contributed by atoms with Gasteiger partial charge in [-0.05, 0) is 31.0 Å². The van der Waals surface area contributed by atoms with Crippen LogP contribution in [0.25, 0.3) is 10.6 Å². The molecule has 0 aliphatic carbocycles. The minimum absolute atomic E-state index is 0.203. The predicted molar refractivity (Wildman–Crippen MR) is 83.4 cm³/mol. The maximum atomic E-state index is 13.8. The van der Waals surface area contributed by atoms with E-state index in [4.69, 9.17) is 0 Å². The average molecular weight is 292 g/mol. The molecule has 4 heteroatoms. The van der Waals surface area contributed by atoms with E-state index in [9.17, 15) is 4.39 Å². The van der Waals surface area contributed by atoms with Crippen molar-refractivity contribution in [1.29, 1.82) is 0 Å². The third-order valence-electron chi connectivity index (χ3n) is 3.06. The van der Waals surface area contributed by atoms with Gasteiger partial charge in [-0.1, -0.05) is 32.9 Å². The summed E-state index contributed by atoms with van der Waals surface area (Å²) in [5, 5.41) is 4.21. The lowest BCUT2D eigenvalue weighted by Crippen LogP contribution is -2.18. The van der Waals surface area contributed by atoms with Crippen LogP contribution >= 0.6 is 11.3 Å².